The number of carbonyl (C=O) groups excluding carboxylic acids is 2. The second kappa shape index (κ2) is 7.99. The van der Waals surface area contributed by atoms with Crippen LogP contribution in [0, 0.1) is 22.9 Å². The van der Waals surface area contributed by atoms with Gasteiger partial charge < -0.3 is 9.47 Å². The summed E-state index contributed by atoms with van der Waals surface area (Å²) in [7, 11) is 0. The predicted molar refractivity (Wildman–Crippen MR) is 75.8 cm³/mol. The van der Waals surface area contributed by atoms with E-state index in [4.69, 9.17) is 9.47 Å². The lowest BCUT2D eigenvalue weighted by Crippen LogP contribution is -2.41. The number of halogens is 3. The highest BCUT2D eigenvalue weighted by Crippen LogP contribution is 2.30. The molecule has 0 atom stereocenters. The van der Waals surface area contributed by atoms with Crippen molar-refractivity contribution in [1.82, 2.24) is 0 Å². The van der Waals surface area contributed by atoms with Gasteiger partial charge >= 0.3 is 11.9 Å². The number of hydrogen-bond donors (Lipinski definition) is 0. The van der Waals surface area contributed by atoms with E-state index in [0.29, 0.717) is 0 Å². The third-order valence-corrected chi connectivity index (χ3v) is 3.68. The van der Waals surface area contributed by atoms with Crippen LogP contribution in [0.25, 0.3) is 0 Å². The Labute approximate surface area is 132 Å². The third kappa shape index (κ3) is 4.03. The van der Waals surface area contributed by atoms with E-state index in [0.717, 1.165) is 12.1 Å². The molecule has 1 rings (SSSR count). The lowest BCUT2D eigenvalue weighted by atomic mass is 9.82. The van der Waals surface area contributed by atoms with E-state index in [1.807, 2.05) is 0 Å². The smallest absolute Gasteiger partial charge is 0.323 e. The molecule has 23 heavy (non-hydrogen) atoms. The van der Waals surface area contributed by atoms with Crippen LogP contribution in [0.3, 0.4) is 0 Å². The SMILES string of the molecule is CCOC(=O)C(CC)(CC)C(=O)OCc1cc(F)c(F)c(F)c1. The monoisotopic (exact) mass is 332 g/mol. The van der Waals surface area contributed by atoms with E-state index >= 15 is 0 Å². The van der Waals surface area contributed by atoms with Gasteiger partial charge in [0.05, 0.1) is 6.61 Å². The number of benzene rings is 1. The molecule has 0 aliphatic heterocycles. The molecule has 0 fully saturated rings. The highest BCUT2D eigenvalue weighted by molar-refractivity contribution is 5.99. The maximum Gasteiger partial charge on any atom is 0.323 e. The topological polar surface area (TPSA) is 52.6 Å². The molecule has 7 heteroatoms. The van der Waals surface area contributed by atoms with Crippen LogP contribution >= 0.6 is 0 Å². The number of ether oxygens (including phenoxy) is 2. The van der Waals surface area contributed by atoms with Crippen LogP contribution in [0.2, 0.25) is 0 Å². The Bertz CT molecular complexity index is 560. The average Bonchev–Trinajstić information content (AvgIpc) is 2.52. The van der Waals surface area contributed by atoms with Gasteiger partial charge in [0.1, 0.15) is 6.61 Å². The summed E-state index contributed by atoms with van der Waals surface area (Å²) in [5.74, 6) is -5.89. The van der Waals surface area contributed by atoms with E-state index in [1.165, 1.54) is 0 Å². The Morgan fingerprint density at radius 3 is 1.87 bits per heavy atom. The molecule has 0 amide bonds. The van der Waals surface area contributed by atoms with E-state index in [1.54, 1.807) is 20.8 Å². The molecule has 0 saturated carbocycles. The van der Waals surface area contributed by atoms with Crippen molar-refractivity contribution in [3.63, 3.8) is 0 Å². The molecule has 1 aromatic carbocycles. The molecular weight excluding hydrogens is 313 g/mol. The van der Waals surface area contributed by atoms with Crippen LogP contribution < -0.4 is 0 Å². The second-order valence-electron chi connectivity index (χ2n) is 4.96. The lowest BCUT2D eigenvalue weighted by molar-refractivity contribution is -0.173. The van der Waals surface area contributed by atoms with Crippen molar-refractivity contribution >= 4 is 11.9 Å². The molecule has 0 aliphatic rings. The molecule has 1 aromatic rings. The van der Waals surface area contributed by atoms with Gasteiger partial charge in [0, 0.05) is 0 Å². The van der Waals surface area contributed by atoms with Crippen LogP contribution in [0.1, 0.15) is 39.2 Å². The quantitative estimate of drug-likeness (QED) is 0.435. The Kier molecular flexibility index (Phi) is 6.60. The first-order chi connectivity index (χ1) is 10.8. The van der Waals surface area contributed by atoms with Gasteiger partial charge in [0.25, 0.3) is 0 Å². The molecular formula is C16H19F3O4. The van der Waals surface area contributed by atoms with Gasteiger partial charge in [0.2, 0.25) is 0 Å². The normalized spacial score (nSPS) is 11.2. The molecule has 0 spiro atoms. The first-order valence-electron chi connectivity index (χ1n) is 7.30. The van der Waals surface area contributed by atoms with Crippen LogP contribution in [0.5, 0.6) is 0 Å². The zero-order chi connectivity index (χ0) is 17.6. The Hall–Kier alpha value is -2.05. The minimum absolute atomic E-state index is 0.0558. The molecule has 0 saturated heterocycles. The summed E-state index contributed by atoms with van der Waals surface area (Å²) in [6.45, 7) is 4.53. The number of esters is 2. The summed E-state index contributed by atoms with van der Waals surface area (Å²) in [4.78, 5) is 24.3. The van der Waals surface area contributed by atoms with Crippen molar-refractivity contribution in [1.29, 1.82) is 0 Å². The van der Waals surface area contributed by atoms with Crippen LogP contribution in [-0.2, 0) is 25.7 Å². The highest BCUT2D eigenvalue weighted by Gasteiger charge is 2.45. The second-order valence-corrected chi connectivity index (χ2v) is 4.96. The minimum Gasteiger partial charge on any atom is -0.465 e. The van der Waals surface area contributed by atoms with Gasteiger partial charge in [-0.05, 0) is 37.5 Å². The first kappa shape index (κ1) is 19.0. The van der Waals surface area contributed by atoms with Gasteiger partial charge in [-0.2, -0.15) is 0 Å². The minimum atomic E-state index is -1.59. The fraction of sp³-hybridized carbons (Fsp3) is 0.500. The molecule has 0 aliphatic carbocycles. The van der Waals surface area contributed by atoms with Crippen molar-refractivity contribution in [2.24, 2.45) is 5.41 Å². The first-order valence-corrected chi connectivity index (χ1v) is 7.30. The molecule has 4 nitrogen and oxygen atoms in total. The number of hydrogen-bond acceptors (Lipinski definition) is 4. The Morgan fingerprint density at radius 1 is 0.957 bits per heavy atom. The molecule has 0 bridgehead atoms. The molecule has 0 unspecified atom stereocenters. The summed E-state index contributed by atoms with van der Waals surface area (Å²) >= 11 is 0. The summed E-state index contributed by atoms with van der Waals surface area (Å²) < 4.78 is 49.0. The van der Waals surface area contributed by atoms with Crippen LogP contribution in [0.4, 0.5) is 13.2 Å². The Balaban J connectivity index is 2.90. The van der Waals surface area contributed by atoms with Crippen molar-refractivity contribution in [3.05, 3.63) is 35.1 Å². The fourth-order valence-corrected chi connectivity index (χ4v) is 2.16. The highest BCUT2D eigenvalue weighted by atomic mass is 19.2. The van der Waals surface area contributed by atoms with Crippen LogP contribution in [0.15, 0.2) is 12.1 Å². The standard InChI is InChI=1S/C16H19F3O4/c1-4-16(5-2,14(20)22-6-3)15(21)23-9-10-7-11(17)13(19)12(18)8-10/h7-8H,4-6,9H2,1-3H3. The zero-order valence-corrected chi connectivity index (χ0v) is 13.3. The summed E-state index contributed by atoms with van der Waals surface area (Å²) in [5, 5.41) is 0. The molecule has 0 N–H and O–H groups in total. The van der Waals surface area contributed by atoms with Crippen molar-refractivity contribution in [2.45, 2.75) is 40.2 Å². The average molecular weight is 332 g/mol. The summed E-state index contributed by atoms with van der Waals surface area (Å²) in [6, 6.07) is 1.46. The van der Waals surface area contributed by atoms with E-state index < -0.39 is 41.4 Å². The van der Waals surface area contributed by atoms with E-state index in [9.17, 15) is 22.8 Å². The Morgan fingerprint density at radius 2 is 1.43 bits per heavy atom. The fourth-order valence-electron chi connectivity index (χ4n) is 2.16. The summed E-state index contributed by atoms with van der Waals surface area (Å²) in [6.07, 6.45) is 0.320. The maximum atomic E-state index is 13.1. The largest absolute Gasteiger partial charge is 0.465 e. The van der Waals surface area contributed by atoms with Gasteiger partial charge in [-0.3, -0.25) is 9.59 Å². The van der Waals surface area contributed by atoms with Gasteiger partial charge in [0.15, 0.2) is 22.9 Å². The molecule has 0 aromatic heterocycles. The van der Waals surface area contributed by atoms with E-state index in [2.05, 4.69) is 0 Å². The lowest BCUT2D eigenvalue weighted by Gasteiger charge is -2.26. The van der Waals surface area contributed by atoms with E-state index in [-0.39, 0.29) is 25.0 Å². The van der Waals surface area contributed by atoms with Crippen LogP contribution in [-0.4, -0.2) is 18.5 Å². The molecule has 0 heterocycles. The number of rotatable bonds is 7. The van der Waals surface area contributed by atoms with Gasteiger partial charge in [-0.15, -0.1) is 0 Å². The maximum absolute atomic E-state index is 13.1. The number of carbonyl (C=O) groups is 2. The van der Waals surface area contributed by atoms with Gasteiger partial charge in [-0.25, -0.2) is 13.2 Å². The third-order valence-electron chi connectivity index (χ3n) is 3.68. The van der Waals surface area contributed by atoms with Crippen molar-refractivity contribution < 1.29 is 32.2 Å². The summed E-state index contributed by atoms with van der Waals surface area (Å²) in [5.41, 5.74) is -1.52. The molecule has 128 valence electrons. The van der Waals surface area contributed by atoms with Crippen molar-refractivity contribution in [2.75, 3.05) is 6.61 Å². The zero-order valence-electron chi connectivity index (χ0n) is 13.3. The molecule has 0 radical (unpaired) electrons. The van der Waals surface area contributed by atoms with Crippen molar-refractivity contribution in [3.8, 4) is 0 Å². The van der Waals surface area contributed by atoms with Gasteiger partial charge in [-0.1, -0.05) is 13.8 Å². The predicted octanol–water partition coefficient (Wildman–Crippen LogP) is 3.52.